The lowest BCUT2D eigenvalue weighted by molar-refractivity contribution is 0.0214. The van der Waals surface area contributed by atoms with Crippen LogP contribution >= 0.6 is 0 Å². The number of likely N-dealkylation sites (tertiary alicyclic amines) is 1. The van der Waals surface area contributed by atoms with Gasteiger partial charge in [-0.2, -0.15) is 0 Å². The Morgan fingerprint density at radius 2 is 1.50 bits per heavy atom. The van der Waals surface area contributed by atoms with E-state index in [9.17, 15) is 13.6 Å². The van der Waals surface area contributed by atoms with Crippen LogP contribution in [0, 0.1) is 17.0 Å². The quantitative estimate of drug-likeness (QED) is 0.720. The predicted octanol–water partition coefficient (Wildman–Crippen LogP) is 5.02. The molecule has 0 aliphatic carbocycles. The molecule has 0 unspecified atom stereocenters. The molecule has 1 amide bonds. The molecule has 1 saturated heterocycles. The monoisotopic (exact) mass is 337 g/mol. The highest BCUT2D eigenvalue weighted by atomic mass is 19.1. The van der Waals surface area contributed by atoms with Gasteiger partial charge < -0.3 is 9.64 Å². The van der Waals surface area contributed by atoms with Gasteiger partial charge in [-0.15, -0.1) is 0 Å². The fourth-order valence-corrected chi connectivity index (χ4v) is 2.89. The van der Waals surface area contributed by atoms with Gasteiger partial charge in [0.2, 0.25) is 0 Å². The van der Waals surface area contributed by atoms with Crippen LogP contribution in [-0.2, 0) is 4.74 Å². The molecule has 5 heteroatoms. The summed E-state index contributed by atoms with van der Waals surface area (Å²) in [6, 6.07) is 3.54. The standard InChI is InChI=1S/C19H25F2NO2/c1-18(2,3)16(12-7-14(20)9-15(21)8-12)13-10-22(11-13)17(23)24-19(4,5)6/h7-9H,10-11H2,1-6H3. The van der Waals surface area contributed by atoms with Crippen LogP contribution in [0.2, 0.25) is 0 Å². The SMILES string of the molecule is CC(C)(C)OC(=O)N1CC(=C(c2cc(F)cc(F)c2)C(C)(C)C)C1. The highest BCUT2D eigenvalue weighted by molar-refractivity contribution is 5.78. The molecule has 1 aromatic carbocycles. The van der Waals surface area contributed by atoms with Gasteiger partial charge in [0.05, 0.1) is 0 Å². The number of rotatable bonds is 1. The van der Waals surface area contributed by atoms with E-state index in [1.54, 1.807) is 4.90 Å². The molecular formula is C19H25F2NO2. The molecule has 1 aliphatic rings. The minimum absolute atomic E-state index is 0.296. The van der Waals surface area contributed by atoms with Crippen molar-refractivity contribution in [2.75, 3.05) is 13.1 Å². The lowest BCUT2D eigenvalue weighted by atomic mass is 9.77. The number of halogens is 2. The average molecular weight is 337 g/mol. The van der Waals surface area contributed by atoms with Crippen molar-refractivity contribution < 1.29 is 18.3 Å². The number of amides is 1. The van der Waals surface area contributed by atoms with E-state index >= 15 is 0 Å². The fraction of sp³-hybridized carbons (Fsp3) is 0.526. The summed E-state index contributed by atoms with van der Waals surface area (Å²) in [5.41, 5.74) is 1.56. The number of carbonyl (C=O) groups excluding carboxylic acids is 1. The molecule has 132 valence electrons. The van der Waals surface area contributed by atoms with Crippen LogP contribution in [0.5, 0.6) is 0 Å². The number of nitrogens with zero attached hydrogens (tertiary/aromatic N) is 1. The maximum atomic E-state index is 13.6. The van der Waals surface area contributed by atoms with Gasteiger partial charge in [-0.3, -0.25) is 0 Å². The van der Waals surface area contributed by atoms with E-state index in [0.29, 0.717) is 18.7 Å². The zero-order chi connectivity index (χ0) is 18.3. The van der Waals surface area contributed by atoms with Gasteiger partial charge in [-0.25, -0.2) is 13.6 Å². The van der Waals surface area contributed by atoms with Crippen molar-refractivity contribution in [3.8, 4) is 0 Å². The number of carbonyl (C=O) groups is 1. The first-order chi connectivity index (χ1) is 10.9. The van der Waals surface area contributed by atoms with Gasteiger partial charge in [-0.05, 0) is 55.0 Å². The minimum atomic E-state index is -0.601. The van der Waals surface area contributed by atoms with Crippen LogP contribution < -0.4 is 0 Å². The Morgan fingerprint density at radius 1 is 1.00 bits per heavy atom. The molecule has 2 rings (SSSR count). The minimum Gasteiger partial charge on any atom is -0.444 e. The molecule has 0 radical (unpaired) electrons. The first-order valence-electron chi connectivity index (χ1n) is 8.04. The summed E-state index contributed by atoms with van der Waals surface area (Å²) in [6.45, 7) is 12.3. The van der Waals surface area contributed by atoms with Crippen LogP contribution in [0.15, 0.2) is 23.8 Å². The highest BCUT2D eigenvalue weighted by Crippen LogP contribution is 2.40. The predicted molar refractivity (Wildman–Crippen MR) is 90.5 cm³/mol. The van der Waals surface area contributed by atoms with Crippen molar-refractivity contribution in [2.45, 2.75) is 47.1 Å². The van der Waals surface area contributed by atoms with Crippen molar-refractivity contribution >= 4 is 11.7 Å². The largest absolute Gasteiger partial charge is 0.444 e. The van der Waals surface area contributed by atoms with E-state index in [1.807, 2.05) is 41.5 Å². The summed E-state index contributed by atoms with van der Waals surface area (Å²) in [7, 11) is 0. The Balaban J connectivity index is 2.28. The second kappa shape index (κ2) is 6.19. The Morgan fingerprint density at radius 3 is 1.92 bits per heavy atom. The van der Waals surface area contributed by atoms with Gasteiger partial charge in [-0.1, -0.05) is 20.8 Å². The Kier molecular flexibility index (Phi) is 4.75. The zero-order valence-electron chi connectivity index (χ0n) is 15.2. The maximum absolute atomic E-state index is 13.6. The molecule has 3 nitrogen and oxygen atoms in total. The Bertz CT molecular complexity index is 653. The molecule has 0 aromatic heterocycles. The maximum Gasteiger partial charge on any atom is 0.410 e. The molecule has 1 aliphatic heterocycles. The lowest BCUT2D eigenvalue weighted by Crippen LogP contribution is -2.47. The van der Waals surface area contributed by atoms with Crippen molar-refractivity contribution in [3.05, 3.63) is 41.0 Å². The van der Waals surface area contributed by atoms with Gasteiger partial charge in [0, 0.05) is 19.2 Å². The van der Waals surface area contributed by atoms with Gasteiger partial charge in [0.25, 0.3) is 0 Å². The number of hydrogen-bond acceptors (Lipinski definition) is 2. The summed E-state index contributed by atoms with van der Waals surface area (Å²) in [5.74, 6) is -1.20. The molecule has 1 aromatic rings. The highest BCUT2D eigenvalue weighted by Gasteiger charge is 2.34. The molecule has 0 atom stereocenters. The van der Waals surface area contributed by atoms with Crippen LogP contribution in [0.4, 0.5) is 13.6 Å². The van der Waals surface area contributed by atoms with Crippen LogP contribution in [-0.4, -0.2) is 29.7 Å². The number of ether oxygens (including phenoxy) is 1. The van der Waals surface area contributed by atoms with Crippen molar-refractivity contribution in [3.63, 3.8) is 0 Å². The number of allylic oxidation sites excluding steroid dienone is 1. The van der Waals surface area contributed by atoms with E-state index in [4.69, 9.17) is 4.74 Å². The zero-order valence-corrected chi connectivity index (χ0v) is 15.2. The van der Waals surface area contributed by atoms with E-state index in [-0.39, 0.29) is 11.5 Å². The molecule has 24 heavy (non-hydrogen) atoms. The van der Waals surface area contributed by atoms with Crippen LogP contribution in [0.3, 0.4) is 0 Å². The van der Waals surface area contributed by atoms with E-state index < -0.39 is 17.2 Å². The topological polar surface area (TPSA) is 29.5 Å². The third-order valence-electron chi connectivity index (χ3n) is 3.67. The molecule has 0 spiro atoms. The van der Waals surface area contributed by atoms with E-state index in [1.165, 1.54) is 12.1 Å². The van der Waals surface area contributed by atoms with E-state index in [0.717, 1.165) is 17.2 Å². The molecular weight excluding hydrogens is 312 g/mol. The molecule has 1 heterocycles. The molecule has 0 saturated carbocycles. The first kappa shape index (κ1) is 18.4. The fourth-order valence-electron chi connectivity index (χ4n) is 2.89. The molecule has 0 N–H and O–H groups in total. The number of hydrogen-bond donors (Lipinski definition) is 0. The van der Waals surface area contributed by atoms with Crippen LogP contribution in [0.25, 0.3) is 5.57 Å². The Hall–Kier alpha value is -1.91. The van der Waals surface area contributed by atoms with Crippen molar-refractivity contribution in [1.82, 2.24) is 4.90 Å². The van der Waals surface area contributed by atoms with Gasteiger partial charge in [0.1, 0.15) is 17.2 Å². The molecule has 0 bridgehead atoms. The average Bonchev–Trinajstić information content (AvgIpc) is 2.27. The normalized spacial score (nSPS) is 15.2. The smallest absolute Gasteiger partial charge is 0.410 e. The van der Waals surface area contributed by atoms with Gasteiger partial charge >= 0.3 is 6.09 Å². The van der Waals surface area contributed by atoms with Crippen LogP contribution in [0.1, 0.15) is 47.1 Å². The summed E-state index contributed by atoms with van der Waals surface area (Å²) in [6.07, 6.45) is -0.370. The van der Waals surface area contributed by atoms with Crippen molar-refractivity contribution in [2.24, 2.45) is 5.41 Å². The molecule has 1 fully saturated rings. The summed E-state index contributed by atoms with van der Waals surface area (Å²) in [4.78, 5) is 13.6. The van der Waals surface area contributed by atoms with Gasteiger partial charge in [0.15, 0.2) is 0 Å². The number of benzene rings is 1. The summed E-state index contributed by atoms with van der Waals surface area (Å²) in [5, 5.41) is 0. The first-order valence-corrected chi connectivity index (χ1v) is 8.04. The Labute approximate surface area is 142 Å². The third kappa shape index (κ3) is 4.34. The van der Waals surface area contributed by atoms with Crippen molar-refractivity contribution in [1.29, 1.82) is 0 Å². The summed E-state index contributed by atoms with van der Waals surface area (Å²) >= 11 is 0. The summed E-state index contributed by atoms with van der Waals surface area (Å²) < 4.78 is 32.6. The van der Waals surface area contributed by atoms with E-state index in [2.05, 4.69) is 0 Å². The second-order valence-electron chi connectivity index (χ2n) is 8.22. The second-order valence-corrected chi connectivity index (χ2v) is 8.22. The lowest BCUT2D eigenvalue weighted by Gasteiger charge is -2.39. The third-order valence-corrected chi connectivity index (χ3v) is 3.67.